The van der Waals surface area contributed by atoms with E-state index < -0.39 is 0 Å². The molecule has 0 fully saturated rings. The second-order valence-electron chi connectivity index (χ2n) is 4.63. The van der Waals surface area contributed by atoms with Gasteiger partial charge >= 0.3 is 0 Å². The summed E-state index contributed by atoms with van der Waals surface area (Å²) in [6.45, 7) is 6.04. The zero-order valence-corrected chi connectivity index (χ0v) is 11.6. The zero-order chi connectivity index (χ0) is 13.8. The van der Waals surface area contributed by atoms with Crippen molar-refractivity contribution in [2.24, 2.45) is 0 Å². The maximum absolute atomic E-state index is 5.93. The maximum atomic E-state index is 5.93. The highest BCUT2D eigenvalue weighted by Crippen LogP contribution is 2.23. The first-order valence-electron chi connectivity index (χ1n) is 6.54. The molecule has 0 radical (unpaired) electrons. The summed E-state index contributed by atoms with van der Waals surface area (Å²) in [7, 11) is 0. The Labute approximate surface area is 113 Å². The van der Waals surface area contributed by atoms with Crippen molar-refractivity contribution in [3.8, 4) is 0 Å². The van der Waals surface area contributed by atoms with Gasteiger partial charge in [0.15, 0.2) is 0 Å². The van der Waals surface area contributed by atoms with Gasteiger partial charge in [-0.2, -0.15) is 0 Å². The molecule has 0 saturated carbocycles. The number of nitrogens with one attached hydrogen (secondary N) is 1. The second-order valence-corrected chi connectivity index (χ2v) is 4.63. The molecule has 2 rings (SSSR count). The lowest BCUT2D eigenvalue weighted by atomic mass is 10.2. The number of aryl methyl sites for hydroxylation is 1. The molecule has 2 aromatic heterocycles. The molecule has 1 atom stereocenters. The molecule has 0 aliphatic heterocycles. The summed E-state index contributed by atoms with van der Waals surface area (Å²) in [4.78, 5) is 8.83. The van der Waals surface area contributed by atoms with Crippen molar-refractivity contribution in [3.05, 3.63) is 35.5 Å². The lowest BCUT2D eigenvalue weighted by molar-refractivity contribution is 0.490. The van der Waals surface area contributed by atoms with Gasteiger partial charge in [-0.25, -0.2) is 9.97 Å². The predicted molar refractivity (Wildman–Crippen MR) is 75.9 cm³/mol. The summed E-state index contributed by atoms with van der Waals surface area (Å²) in [6.07, 6.45) is 3.49. The molecule has 0 aliphatic rings. The van der Waals surface area contributed by atoms with Crippen LogP contribution in [0.4, 0.5) is 11.6 Å². The van der Waals surface area contributed by atoms with Gasteiger partial charge in [-0.15, -0.1) is 0 Å². The second kappa shape index (κ2) is 5.73. The van der Waals surface area contributed by atoms with E-state index in [2.05, 4.69) is 22.2 Å². The maximum Gasteiger partial charge on any atom is 0.135 e. The Hall–Kier alpha value is -2.04. The van der Waals surface area contributed by atoms with E-state index in [1.54, 1.807) is 6.26 Å². The SMILES string of the molecule is CCCc1nc(N)c(C)c(NC(C)c2ccco2)n1. The van der Waals surface area contributed by atoms with Crippen molar-refractivity contribution in [2.75, 3.05) is 11.1 Å². The van der Waals surface area contributed by atoms with Gasteiger partial charge in [0.05, 0.1) is 12.3 Å². The molecule has 0 aromatic carbocycles. The van der Waals surface area contributed by atoms with E-state index in [0.29, 0.717) is 5.82 Å². The monoisotopic (exact) mass is 260 g/mol. The minimum atomic E-state index is 0.0393. The molecular formula is C14H20N4O. The fraction of sp³-hybridized carbons (Fsp3) is 0.429. The number of hydrogen-bond donors (Lipinski definition) is 2. The third-order valence-electron chi connectivity index (χ3n) is 3.03. The quantitative estimate of drug-likeness (QED) is 0.863. The smallest absolute Gasteiger partial charge is 0.135 e. The zero-order valence-electron chi connectivity index (χ0n) is 11.6. The fourth-order valence-corrected chi connectivity index (χ4v) is 1.87. The van der Waals surface area contributed by atoms with Gasteiger partial charge in [0.25, 0.3) is 0 Å². The Morgan fingerprint density at radius 3 is 2.84 bits per heavy atom. The van der Waals surface area contributed by atoms with Gasteiger partial charge in [0, 0.05) is 12.0 Å². The van der Waals surface area contributed by atoms with Gasteiger partial charge in [0.1, 0.15) is 23.2 Å². The summed E-state index contributed by atoms with van der Waals surface area (Å²) < 4.78 is 5.38. The predicted octanol–water partition coefficient (Wildman–Crippen LogP) is 3.09. The summed E-state index contributed by atoms with van der Waals surface area (Å²) >= 11 is 0. The van der Waals surface area contributed by atoms with Crippen molar-refractivity contribution in [1.82, 2.24) is 9.97 Å². The molecule has 0 aliphatic carbocycles. The van der Waals surface area contributed by atoms with Crippen LogP contribution in [-0.2, 0) is 6.42 Å². The molecule has 0 saturated heterocycles. The summed E-state index contributed by atoms with van der Waals surface area (Å²) in [5.74, 6) is 2.96. The lowest BCUT2D eigenvalue weighted by Crippen LogP contribution is -2.12. The van der Waals surface area contributed by atoms with Crippen LogP contribution >= 0.6 is 0 Å². The minimum Gasteiger partial charge on any atom is -0.467 e. The molecule has 5 nitrogen and oxygen atoms in total. The first-order chi connectivity index (χ1) is 9.11. The van der Waals surface area contributed by atoms with E-state index in [4.69, 9.17) is 10.2 Å². The molecule has 5 heteroatoms. The lowest BCUT2D eigenvalue weighted by Gasteiger charge is -2.16. The number of aromatic nitrogens is 2. The normalized spacial score (nSPS) is 12.4. The van der Waals surface area contributed by atoms with E-state index in [1.165, 1.54) is 0 Å². The van der Waals surface area contributed by atoms with E-state index >= 15 is 0 Å². The number of anilines is 2. The number of rotatable bonds is 5. The summed E-state index contributed by atoms with van der Waals surface area (Å²) in [6, 6.07) is 3.85. The molecule has 0 amide bonds. The summed E-state index contributed by atoms with van der Waals surface area (Å²) in [5.41, 5.74) is 6.80. The number of nitrogens with two attached hydrogens (primary N) is 1. The molecule has 0 bridgehead atoms. The third-order valence-corrected chi connectivity index (χ3v) is 3.03. The van der Waals surface area contributed by atoms with Crippen molar-refractivity contribution in [3.63, 3.8) is 0 Å². The Bertz CT molecular complexity index is 537. The van der Waals surface area contributed by atoms with Gasteiger partial charge in [-0.3, -0.25) is 0 Å². The largest absolute Gasteiger partial charge is 0.467 e. The Morgan fingerprint density at radius 2 is 2.21 bits per heavy atom. The average Bonchev–Trinajstić information content (AvgIpc) is 2.89. The van der Waals surface area contributed by atoms with Crippen LogP contribution in [0.2, 0.25) is 0 Å². The Kier molecular flexibility index (Phi) is 4.04. The van der Waals surface area contributed by atoms with Gasteiger partial charge in [-0.05, 0) is 32.4 Å². The third kappa shape index (κ3) is 3.05. The summed E-state index contributed by atoms with van der Waals surface area (Å²) in [5, 5.41) is 3.33. The van der Waals surface area contributed by atoms with Crippen LogP contribution in [0.3, 0.4) is 0 Å². The molecule has 102 valence electrons. The standard InChI is InChI=1S/C14H20N4O/c1-4-6-12-17-13(15)9(2)14(18-12)16-10(3)11-7-5-8-19-11/h5,7-8,10H,4,6H2,1-3H3,(H3,15,16,17,18). The van der Waals surface area contributed by atoms with Gasteiger partial charge in [-0.1, -0.05) is 6.92 Å². The Balaban J connectivity index is 2.23. The molecular weight excluding hydrogens is 240 g/mol. The number of hydrogen-bond acceptors (Lipinski definition) is 5. The highest BCUT2D eigenvalue weighted by Gasteiger charge is 2.13. The highest BCUT2D eigenvalue weighted by atomic mass is 16.3. The van der Waals surface area contributed by atoms with Crippen LogP contribution < -0.4 is 11.1 Å². The molecule has 19 heavy (non-hydrogen) atoms. The fourth-order valence-electron chi connectivity index (χ4n) is 1.87. The molecule has 2 aromatic rings. The van der Waals surface area contributed by atoms with Gasteiger partial charge < -0.3 is 15.5 Å². The van der Waals surface area contributed by atoms with E-state index in [-0.39, 0.29) is 6.04 Å². The van der Waals surface area contributed by atoms with Crippen LogP contribution in [0.1, 0.15) is 43.5 Å². The van der Waals surface area contributed by atoms with Crippen molar-refractivity contribution in [1.29, 1.82) is 0 Å². The van der Waals surface area contributed by atoms with E-state index in [0.717, 1.165) is 35.8 Å². The highest BCUT2D eigenvalue weighted by molar-refractivity contribution is 5.55. The van der Waals surface area contributed by atoms with Crippen LogP contribution in [0.25, 0.3) is 0 Å². The minimum absolute atomic E-state index is 0.0393. The topological polar surface area (TPSA) is 77.0 Å². The van der Waals surface area contributed by atoms with Crippen LogP contribution in [0.5, 0.6) is 0 Å². The molecule has 2 heterocycles. The number of nitrogen functional groups attached to an aromatic ring is 1. The average molecular weight is 260 g/mol. The van der Waals surface area contributed by atoms with Crippen LogP contribution in [-0.4, -0.2) is 9.97 Å². The Morgan fingerprint density at radius 1 is 1.42 bits per heavy atom. The molecule has 3 N–H and O–H groups in total. The number of nitrogens with zero attached hydrogens (tertiary/aromatic N) is 2. The molecule has 0 spiro atoms. The van der Waals surface area contributed by atoms with Crippen molar-refractivity contribution in [2.45, 2.75) is 39.7 Å². The first kappa shape index (κ1) is 13.4. The molecule has 1 unspecified atom stereocenters. The van der Waals surface area contributed by atoms with Crippen LogP contribution in [0.15, 0.2) is 22.8 Å². The van der Waals surface area contributed by atoms with Crippen LogP contribution in [0, 0.1) is 6.92 Å². The first-order valence-corrected chi connectivity index (χ1v) is 6.54. The number of furan rings is 1. The van der Waals surface area contributed by atoms with Gasteiger partial charge in [0.2, 0.25) is 0 Å². The van der Waals surface area contributed by atoms with Crippen molar-refractivity contribution >= 4 is 11.6 Å². The van der Waals surface area contributed by atoms with Crippen molar-refractivity contribution < 1.29 is 4.42 Å². The van der Waals surface area contributed by atoms with E-state index in [1.807, 2.05) is 26.0 Å². The van der Waals surface area contributed by atoms with E-state index in [9.17, 15) is 0 Å².